The van der Waals surface area contributed by atoms with Gasteiger partial charge in [-0.15, -0.1) is 0 Å². The van der Waals surface area contributed by atoms with Crippen molar-refractivity contribution in [2.45, 2.75) is 71.1 Å². The number of benzene rings is 3. The normalized spacial score (nSPS) is 25.1. The Kier molecular flexibility index (Phi) is 6.93. The molecule has 2 N–H and O–H groups in total. The first-order valence-corrected chi connectivity index (χ1v) is 16.2. The molecule has 0 saturated heterocycles. The number of ether oxygens (including phenoxy) is 2. The number of rotatable bonds is 5. The van der Waals surface area contributed by atoms with Gasteiger partial charge >= 0.3 is 0 Å². The molecular weight excluding hydrogens is 560 g/mol. The number of aromatic nitrogens is 1. The van der Waals surface area contributed by atoms with E-state index in [2.05, 4.69) is 106 Å². The highest BCUT2D eigenvalue weighted by Gasteiger charge is 2.54. The summed E-state index contributed by atoms with van der Waals surface area (Å²) in [4.78, 5) is 0. The average molecular weight is 606 g/mol. The third-order valence-corrected chi connectivity index (χ3v) is 11.1. The van der Waals surface area contributed by atoms with Crippen LogP contribution >= 0.6 is 0 Å². The van der Waals surface area contributed by atoms with E-state index in [1.807, 2.05) is 6.08 Å². The zero-order chi connectivity index (χ0) is 31.8. The SMILES string of the molecule is CCC1C=c2c(-c3cn(C)c4cc(C=Cc5cc(O)c6c(c5)CC5C(C)(CCC(O)C5(C)C)O6)cc(OC)c34)cccc2=[N+]1C. The molecule has 1 aliphatic carbocycles. The number of phenols is 1. The van der Waals surface area contributed by atoms with Gasteiger partial charge in [0.2, 0.25) is 5.36 Å². The van der Waals surface area contributed by atoms with Gasteiger partial charge in [0.15, 0.2) is 17.5 Å². The lowest BCUT2D eigenvalue weighted by Crippen LogP contribution is -2.58. The van der Waals surface area contributed by atoms with Gasteiger partial charge in [-0.3, -0.25) is 0 Å². The van der Waals surface area contributed by atoms with E-state index in [1.54, 1.807) is 13.2 Å². The molecule has 0 radical (unpaired) electrons. The number of aromatic hydroxyl groups is 1. The Morgan fingerprint density at radius 1 is 1.09 bits per heavy atom. The van der Waals surface area contributed by atoms with Crippen LogP contribution in [-0.2, 0) is 13.5 Å². The predicted octanol–water partition coefficient (Wildman–Crippen LogP) is 5.91. The third kappa shape index (κ3) is 4.60. The Labute approximate surface area is 265 Å². The first-order valence-electron chi connectivity index (χ1n) is 16.2. The van der Waals surface area contributed by atoms with E-state index in [-0.39, 0.29) is 23.2 Å². The van der Waals surface area contributed by atoms with E-state index in [0.29, 0.717) is 18.2 Å². The minimum atomic E-state index is -0.407. The predicted molar refractivity (Wildman–Crippen MR) is 182 cm³/mol. The first-order chi connectivity index (χ1) is 21.4. The second-order valence-corrected chi connectivity index (χ2v) is 14.2. The molecule has 3 aliphatic rings. The number of aliphatic hydroxyl groups is 1. The van der Waals surface area contributed by atoms with Gasteiger partial charge in [-0.05, 0) is 84.2 Å². The monoisotopic (exact) mass is 605 g/mol. The van der Waals surface area contributed by atoms with Gasteiger partial charge in [0.05, 0.1) is 23.9 Å². The van der Waals surface area contributed by atoms with Crippen LogP contribution in [0, 0.1) is 11.3 Å². The van der Waals surface area contributed by atoms with Gasteiger partial charge < -0.3 is 24.3 Å². The van der Waals surface area contributed by atoms with E-state index in [1.165, 1.54) is 21.7 Å². The molecule has 1 aromatic heterocycles. The first kappa shape index (κ1) is 29.7. The van der Waals surface area contributed by atoms with Crippen LogP contribution in [0.25, 0.3) is 40.3 Å². The third-order valence-electron chi connectivity index (χ3n) is 11.1. The van der Waals surface area contributed by atoms with Gasteiger partial charge in [0.1, 0.15) is 18.4 Å². The highest BCUT2D eigenvalue weighted by molar-refractivity contribution is 6.02. The Morgan fingerprint density at radius 3 is 2.58 bits per heavy atom. The Hall–Kier alpha value is -4.03. The number of aryl methyl sites for hydroxylation is 1. The smallest absolute Gasteiger partial charge is 0.208 e. The van der Waals surface area contributed by atoms with Crippen LogP contribution in [0.5, 0.6) is 17.2 Å². The molecule has 45 heavy (non-hydrogen) atoms. The molecule has 4 unspecified atom stereocenters. The van der Waals surface area contributed by atoms with Crippen molar-refractivity contribution in [3.05, 3.63) is 75.9 Å². The largest absolute Gasteiger partial charge is 0.504 e. The van der Waals surface area contributed by atoms with E-state index >= 15 is 0 Å². The van der Waals surface area contributed by atoms with Crippen molar-refractivity contribution in [2.75, 3.05) is 14.2 Å². The highest BCUT2D eigenvalue weighted by atomic mass is 16.5. The summed E-state index contributed by atoms with van der Waals surface area (Å²) in [7, 11) is 6.00. The molecule has 1 saturated carbocycles. The topological polar surface area (TPSA) is 66.9 Å². The molecule has 0 bridgehead atoms. The summed E-state index contributed by atoms with van der Waals surface area (Å²) in [5, 5.41) is 25.5. The lowest BCUT2D eigenvalue weighted by molar-refractivity contribution is -0.138. The van der Waals surface area contributed by atoms with Crippen molar-refractivity contribution in [3.63, 3.8) is 0 Å². The second-order valence-electron chi connectivity index (χ2n) is 14.2. The summed E-state index contributed by atoms with van der Waals surface area (Å²) in [6.07, 6.45) is 11.7. The fourth-order valence-corrected chi connectivity index (χ4v) is 8.40. The van der Waals surface area contributed by atoms with E-state index < -0.39 is 5.60 Å². The average Bonchev–Trinajstić information content (AvgIpc) is 3.53. The molecule has 0 amide bonds. The Balaban J connectivity index is 1.26. The standard InChI is InChI=1S/C39H44N2O4/c1-8-26-21-28-27(10-9-11-30(28)41(26)6)29-22-40(5)31-17-24(19-33(44-7)36(29)31)13-12-23-16-25-20-34-38(2,3)35(43)14-15-39(34,4)45-37(25)32(42)18-23/h9-13,16-19,21-22,26,34-35,43H,8,14-15,20H2,1-7H3/p+1. The number of nitrogens with zero attached hydrogens (tertiary/aromatic N) is 2. The van der Waals surface area contributed by atoms with E-state index in [9.17, 15) is 10.2 Å². The number of hydrogen-bond acceptors (Lipinski definition) is 4. The summed E-state index contributed by atoms with van der Waals surface area (Å²) in [5.41, 5.74) is 5.71. The van der Waals surface area contributed by atoms with E-state index in [0.717, 1.165) is 52.6 Å². The lowest BCUT2D eigenvalue weighted by atomic mass is 9.57. The molecule has 6 heteroatoms. The summed E-state index contributed by atoms with van der Waals surface area (Å²) in [6, 6.07) is 15.2. The minimum absolute atomic E-state index is 0.148. The second kappa shape index (κ2) is 10.5. The molecule has 3 heterocycles. The van der Waals surface area contributed by atoms with Gasteiger partial charge in [-0.25, -0.2) is 4.58 Å². The zero-order valence-electron chi connectivity index (χ0n) is 27.5. The molecule has 4 atom stereocenters. The summed E-state index contributed by atoms with van der Waals surface area (Å²) in [6.45, 7) is 8.64. The maximum absolute atomic E-state index is 11.1. The summed E-state index contributed by atoms with van der Waals surface area (Å²) < 4.78 is 17.1. The molecule has 4 aromatic rings. The van der Waals surface area contributed by atoms with Crippen molar-refractivity contribution in [1.82, 2.24) is 9.14 Å². The van der Waals surface area contributed by atoms with Crippen molar-refractivity contribution in [3.8, 4) is 28.4 Å². The number of methoxy groups -OCH3 is 1. The van der Waals surface area contributed by atoms with Crippen LogP contribution in [0.1, 0.15) is 63.6 Å². The maximum atomic E-state index is 11.1. The number of aliphatic hydroxyl groups excluding tert-OH is 1. The number of hydrogen-bond donors (Lipinski definition) is 2. The molecule has 1 fully saturated rings. The number of phenolic OH excluding ortho intramolecular Hbond substituents is 1. The van der Waals surface area contributed by atoms with E-state index in [4.69, 9.17) is 9.47 Å². The van der Waals surface area contributed by atoms with Gasteiger partial charge in [0, 0.05) is 42.6 Å². The van der Waals surface area contributed by atoms with Crippen LogP contribution in [0.2, 0.25) is 0 Å². The van der Waals surface area contributed by atoms with Crippen molar-refractivity contribution in [1.29, 1.82) is 0 Å². The Morgan fingerprint density at radius 2 is 1.84 bits per heavy atom. The molecule has 0 spiro atoms. The van der Waals surface area contributed by atoms with Crippen molar-refractivity contribution >= 4 is 29.1 Å². The summed E-state index contributed by atoms with van der Waals surface area (Å²) >= 11 is 0. The number of fused-ring (bicyclic) bond motifs is 4. The van der Waals surface area contributed by atoms with Crippen LogP contribution in [0.15, 0.2) is 48.7 Å². The molecule has 2 aliphatic heterocycles. The van der Waals surface area contributed by atoms with Gasteiger partial charge in [-0.1, -0.05) is 45.1 Å². The van der Waals surface area contributed by atoms with Crippen LogP contribution in [0.4, 0.5) is 0 Å². The van der Waals surface area contributed by atoms with Gasteiger partial charge in [-0.2, -0.15) is 0 Å². The maximum Gasteiger partial charge on any atom is 0.208 e. The van der Waals surface area contributed by atoms with Crippen molar-refractivity contribution < 1.29 is 19.7 Å². The van der Waals surface area contributed by atoms with Crippen LogP contribution in [-0.4, -0.2) is 46.7 Å². The van der Waals surface area contributed by atoms with Gasteiger partial charge in [0.25, 0.3) is 0 Å². The van der Waals surface area contributed by atoms with Crippen LogP contribution in [0.3, 0.4) is 0 Å². The quantitative estimate of drug-likeness (QED) is 0.219. The molecule has 234 valence electrons. The molecule has 3 aromatic carbocycles. The molecule has 7 rings (SSSR count). The fraction of sp³-hybridized carbons (Fsp3) is 0.410. The highest BCUT2D eigenvalue weighted by Crippen LogP contribution is 2.54. The van der Waals surface area contributed by atoms with Crippen molar-refractivity contribution in [2.24, 2.45) is 18.4 Å². The molecular formula is C39H45N2O4+. The lowest BCUT2D eigenvalue weighted by Gasteiger charge is -2.55. The zero-order valence-corrected chi connectivity index (χ0v) is 27.5. The Bertz CT molecular complexity index is 2000. The molecule has 6 nitrogen and oxygen atoms in total. The minimum Gasteiger partial charge on any atom is -0.504 e. The van der Waals surface area contributed by atoms with Crippen LogP contribution < -0.4 is 24.6 Å². The fourth-order valence-electron chi connectivity index (χ4n) is 8.40. The summed E-state index contributed by atoms with van der Waals surface area (Å²) in [5.74, 6) is 1.73.